The van der Waals surface area contributed by atoms with Crippen LogP contribution in [0.4, 0.5) is 10.5 Å². The normalized spacial score (nSPS) is 22.0. The van der Waals surface area contributed by atoms with Crippen molar-refractivity contribution in [3.63, 3.8) is 0 Å². The number of phenolic OH excluding ortho intramolecular Hbond substituents is 1. The quantitative estimate of drug-likeness (QED) is 0.257. The Balaban J connectivity index is 1.55. The van der Waals surface area contributed by atoms with Crippen LogP contribution in [0.3, 0.4) is 0 Å². The zero-order chi connectivity index (χ0) is 29.6. The van der Waals surface area contributed by atoms with Crippen molar-refractivity contribution in [1.82, 2.24) is 9.62 Å². The van der Waals surface area contributed by atoms with Gasteiger partial charge in [-0.05, 0) is 60.7 Å². The van der Waals surface area contributed by atoms with Crippen LogP contribution in [0.5, 0.6) is 5.75 Å². The number of nitrogen functional groups attached to an aromatic ring is 1. The molecule has 0 aliphatic carbocycles. The highest BCUT2D eigenvalue weighted by molar-refractivity contribution is 7.89. The highest BCUT2D eigenvalue weighted by atomic mass is 32.2. The molecule has 2 heterocycles. The summed E-state index contributed by atoms with van der Waals surface area (Å²) in [4.78, 5) is 13.1. The monoisotopic (exact) mass is 591 g/mol. The molecule has 0 saturated carbocycles. The van der Waals surface area contributed by atoms with Crippen LogP contribution < -0.4 is 11.1 Å². The molecule has 2 saturated heterocycles. The maximum absolute atomic E-state index is 13.7. The zero-order valence-electron chi connectivity index (χ0n) is 23.5. The second-order valence-electron chi connectivity index (χ2n) is 10.7. The van der Waals surface area contributed by atoms with Crippen molar-refractivity contribution < 1.29 is 37.6 Å². The maximum atomic E-state index is 13.7. The molecule has 2 aromatic carbocycles. The summed E-state index contributed by atoms with van der Waals surface area (Å²) in [5.41, 5.74) is 6.95. The zero-order valence-corrected chi connectivity index (χ0v) is 24.3. The van der Waals surface area contributed by atoms with Crippen LogP contribution in [-0.4, -0.2) is 79.9 Å². The van der Waals surface area contributed by atoms with Crippen molar-refractivity contribution in [2.24, 2.45) is 11.8 Å². The van der Waals surface area contributed by atoms with Crippen LogP contribution in [0.15, 0.2) is 53.4 Å². The number of aliphatic hydroxyl groups is 1. The fourth-order valence-electron chi connectivity index (χ4n) is 5.27. The van der Waals surface area contributed by atoms with Gasteiger partial charge in [0.1, 0.15) is 11.9 Å². The highest BCUT2D eigenvalue weighted by Gasteiger charge is 2.44. The van der Waals surface area contributed by atoms with Crippen molar-refractivity contribution in [1.29, 1.82) is 0 Å². The summed E-state index contributed by atoms with van der Waals surface area (Å²) in [6.07, 6.45) is -0.466. The Morgan fingerprint density at radius 3 is 2.44 bits per heavy atom. The number of ether oxygens (including phenoxy) is 3. The number of aromatic hydroxyl groups is 1. The molecule has 12 heteroatoms. The van der Waals surface area contributed by atoms with E-state index in [1.165, 1.54) is 40.7 Å². The number of sulfonamides is 1. The Morgan fingerprint density at radius 2 is 1.78 bits per heavy atom. The number of nitrogens with zero attached hydrogens (tertiary/aromatic N) is 1. The fourth-order valence-corrected chi connectivity index (χ4v) is 6.80. The van der Waals surface area contributed by atoms with E-state index >= 15 is 0 Å². The Kier molecular flexibility index (Phi) is 10.5. The molecular formula is C29H41N3O8S. The predicted molar refractivity (Wildman–Crippen MR) is 152 cm³/mol. The first-order chi connectivity index (χ1) is 19.6. The molecule has 4 rings (SSSR count). The largest absolute Gasteiger partial charge is 0.508 e. The average Bonchev–Trinajstić information content (AvgIpc) is 3.57. The molecule has 0 unspecified atom stereocenters. The molecule has 226 valence electrons. The van der Waals surface area contributed by atoms with Crippen LogP contribution in [0, 0.1) is 11.8 Å². The number of anilines is 1. The lowest BCUT2D eigenvalue weighted by Crippen LogP contribution is -2.52. The molecule has 2 aliphatic rings. The second-order valence-corrected chi connectivity index (χ2v) is 12.7. The minimum atomic E-state index is -3.99. The van der Waals surface area contributed by atoms with Gasteiger partial charge < -0.3 is 35.5 Å². The Morgan fingerprint density at radius 1 is 1.10 bits per heavy atom. The lowest BCUT2D eigenvalue weighted by Gasteiger charge is -2.31. The predicted octanol–water partition coefficient (Wildman–Crippen LogP) is 2.86. The number of benzene rings is 2. The summed E-state index contributed by atoms with van der Waals surface area (Å²) >= 11 is 0. The number of amides is 1. The van der Waals surface area contributed by atoms with Gasteiger partial charge in [-0.1, -0.05) is 38.8 Å². The van der Waals surface area contributed by atoms with Gasteiger partial charge in [0, 0.05) is 18.8 Å². The smallest absolute Gasteiger partial charge is 0.407 e. The Hall–Kier alpha value is -2.90. The summed E-state index contributed by atoms with van der Waals surface area (Å²) < 4.78 is 45.5. The van der Waals surface area contributed by atoms with E-state index in [1.54, 1.807) is 12.1 Å². The number of carbonyl (C=O) groups is 1. The van der Waals surface area contributed by atoms with E-state index in [1.807, 2.05) is 13.8 Å². The first kappa shape index (κ1) is 31.0. The first-order valence-corrected chi connectivity index (χ1v) is 15.6. The number of aliphatic hydroxyl groups excluding tert-OH is 1. The molecule has 0 aromatic heterocycles. The summed E-state index contributed by atoms with van der Waals surface area (Å²) in [5.74, 6) is 0.101. The average molecular weight is 592 g/mol. The van der Waals surface area contributed by atoms with Gasteiger partial charge in [0.25, 0.3) is 0 Å². The molecule has 11 nitrogen and oxygen atoms in total. The molecule has 2 aromatic rings. The van der Waals surface area contributed by atoms with Gasteiger partial charge in [0.05, 0.1) is 36.2 Å². The van der Waals surface area contributed by atoms with Gasteiger partial charge in [0.15, 0.2) is 6.29 Å². The Bertz CT molecular complexity index is 1240. The van der Waals surface area contributed by atoms with Crippen molar-refractivity contribution in [3.05, 3.63) is 54.1 Å². The summed E-state index contributed by atoms with van der Waals surface area (Å²) in [6, 6.07) is 11.4. The van der Waals surface area contributed by atoms with Crippen molar-refractivity contribution in [2.75, 3.05) is 32.0 Å². The fraction of sp³-hybridized carbons (Fsp3) is 0.552. The number of nitrogens with two attached hydrogens (primary N) is 1. The van der Waals surface area contributed by atoms with Crippen molar-refractivity contribution in [3.8, 4) is 5.75 Å². The van der Waals surface area contributed by atoms with E-state index < -0.39 is 34.4 Å². The van der Waals surface area contributed by atoms with E-state index in [-0.39, 0.29) is 54.9 Å². The molecule has 1 amide bonds. The third-order valence-electron chi connectivity index (χ3n) is 7.93. The van der Waals surface area contributed by atoms with Gasteiger partial charge in [-0.2, -0.15) is 4.31 Å². The van der Waals surface area contributed by atoms with Gasteiger partial charge in [0.2, 0.25) is 10.0 Å². The lowest BCUT2D eigenvalue weighted by molar-refractivity contribution is -0.0907. The Labute approximate surface area is 241 Å². The van der Waals surface area contributed by atoms with Gasteiger partial charge in [-0.3, -0.25) is 0 Å². The van der Waals surface area contributed by atoms with Crippen LogP contribution in [-0.2, 0) is 30.7 Å². The van der Waals surface area contributed by atoms with Crippen LogP contribution in [0.1, 0.15) is 38.7 Å². The van der Waals surface area contributed by atoms with E-state index in [0.717, 1.165) is 24.8 Å². The maximum Gasteiger partial charge on any atom is 0.407 e. The van der Waals surface area contributed by atoms with Gasteiger partial charge >= 0.3 is 6.09 Å². The molecule has 41 heavy (non-hydrogen) atoms. The standard InChI is InChI=1S/C29H41N3O8S/c1-3-19(4-2)16-32(41(36,37)23-11-7-21(30)8-12-23)17-26(34)25(15-20-5-9-22(33)10-6-20)31-29(35)40-27-18-39-28-24(27)13-14-38-28/h5-12,19,24-28,33-34H,3-4,13-18,30H2,1-2H3,(H,31,35)/t24-,25-,26+,27-,28+/m0/s1. The van der Waals surface area contributed by atoms with Crippen LogP contribution >= 0.6 is 0 Å². The third-order valence-corrected chi connectivity index (χ3v) is 9.77. The number of alkyl carbamates (subject to hydrolysis) is 1. The lowest BCUT2D eigenvalue weighted by atomic mass is 10.00. The molecule has 0 radical (unpaired) electrons. The topological polar surface area (TPSA) is 161 Å². The molecule has 0 spiro atoms. The van der Waals surface area contributed by atoms with Crippen molar-refractivity contribution >= 4 is 21.8 Å². The molecular weight excluding hydrogens is 550 g/mol. The van der Waals surface area contributed by atoms with Crippen molar-refractivity contribution in [2.45, 2.75) is 69.0 Å². The van der Waals surface area contributed by atoms with Crippen LogP contribution in [0.25, 0.3) is 0 Å². The number of nitrogens with one attached hydrogen (secondary N) is 1. The molecule has 2 fully saturated rings. The number of rotatable bonds is 13. The number of hydrogen-bond donors (Lipinski definition) is 4. The SMILES string of the molecule is CCC(CC)CN(C[C@@H](O)[C@H](Cc1ccc(O)cc1)NC(=O)O[C@H]1CO[C@H]2OCC[C@H]21)S(=O)(=O)c1ccc(N)cc1. The summed E-state index contributed by atoms with van der Waals surface area (Å²) in [5, 5.41) is 23.9. The van der Waals surface area contributed by atoms with Gasteiger partial charge in [-0.25, -0.2) is 13.2 Å². The minimum Gasteiger partial charge on any atom is -0.508 e. The summed E-state index contributed by atoms with van der Waals surface area (Å²) in [7, 11) is -3.99. The van der Waals surface area contributed by atoms with E-state index in [9.17, 15) is 23.4 Å². The third kappa shape index (κ3) is 7.89. The number of hydrogen-bond acceptors (Lipinski definition) is 9. The van der Waals surface area contributed by atoms with Gasteiger partial charge in [-0.15, -0.1) is 0 Å². The van der Waals surface area contributed by atoms with E-state index in [2.05, 4.69) is 5.32 Å². The van der Waals surface area contributed by atoms with E-state index in [0.29, 0.717) is 12.3 Å². The molecule has 2 aliphatic heterocycles. The molecule has 0 bridgehead atoms. The number of carbonyl (C=O) groups excluding carboxylic acids is 1. The first-order valence-electron chi connectivity index (χ1n) is 14.1. The summed E-state index contributed by atoms with van der Waals surface area (Å²) in [6.45, 7) is 4.70. The second kappa shape index (κ2) is 13.8. The minimum absolute atomic E-state index is 0.0539. The number of fused-ring (bicyclic) bond motifs is 1. The highest BCUT2D eigenvalue weighted by Crippen LogP contribution is 2.33. The number of phenols is 1. The van der Waals surface area contributed by atoms with E-state index in [4.69, 9.17) is 19.9 Å². The van der Waals surface area contributed by atoms with Crippen LogP contribution in [0.2, 0.25) is 0 Å². The molecule has 5 N–H and O–H groups in total. The molecule has 5 atom stereocenters.